The Morgan fingerprint density at radius 1 is 0.968 bits per heavy atom. The lowest BCUT2D eigenvalue weighted by Crippen LogP contribution is -2.20. The summed E-state index contributed by atoms with van der Waals surface area (Å²) in [5, 5.41) is 5.89. The highest BCUT2D eigenvalue weighted by molar-refractivity contribution is 7.13. The fourth-order valence-corrected chi connectivity index (χ4v) is 3.86. The van der Waals surface area contributed by atoms with Crippen LogP contribution in [0.5, 0.6) is 0 Å². The maximum atomic E-state index is 12.9. The molecule has 0 aliphatic carbocycles. The number of benzene rings is 3. The van der Waals surface area contributed by atoms with E-state index in [1.54, 1.807) is 29.5 Å². The summed E-state index contributed by atoms with van der Waals surface area (Å²) in [6.45, 7) is 2.50. The fourth-order valence-electron chi connectivity index (χ4n) is 3.02. The van der Waals surface area contributed by atoms with Crippen molar-refractivity contribution in [3.05, 3.63) is 107 Å². The molecule has 1 amide bonds. The molecule has 4 aromatic rings. The molecule has 0 aliphatic heterocycles. The molecule has 0 aliphatic rings. The number of aromatic nitrogens is 1. The Bertz CT molecular complexity index is 1190. The number of rotatable bonds is 6. The van der Waals surface area contributed by atoms with Gasteiger partial charge in [0.25, 0.3) is 0 Å². The summed E-state index contributed by atoms with van der Waals surface area (Å²) in [6.07, 6.45) is 3.11. The van der Waals surface area contributed by atoms with Crippen LogP contribution in [0.15, 0.2) is 84.3 Å². The predicted octanol–water partition coefficient (Wildman–Crippen LogP) is 6.25. The predicted molar refractivity (Wildman–Crippen MR) is 125 cm³/mol. The summed E-state index contributed by atoms with van der Waals surface area (Å²) >= 11 is 1.62. The summed E-state index contributed by atoms with van der Waals surface area (Å²) in [7, 11) is 0. The lowest BCUT2D eigenvalue weighted by Gasteiger charge is -2.04. The number of carbonyl (C=O) groups is 1. The highest BCUT2D eigenvalue weighted by atomic mass is 32.1. The van der Waals surface area contributed by atoms with E-state index in [1.807, 2.05) is 24.3 Å². The third-order valence-electron chi connectivity index (χ3n) is 4.82. The van der Waals surface area contributed by atoms with Gasteiger partial charge in [-0.15, -0.1) is 11.3 Å². The Balaban J connectivity index is 1.34. The molecule has 0 saturated heterocycles. The minimum absolute atomic E-state index is 0.198. The fraction of sp³-hybridized carbons (Fsp3) is 0.0769. The molecule has 0 fully saturated rings. The molecule has 31 heavy (non-hydrogen) atoms. The number of carbonyl (C=O) groups excluding carboxylic acids is 1. The monoisotopic (exact) mass is 428 g/mol. The van der Waals surface area contributed by atoms with Crippen molar-refractivity contribution in [3.63, 3.8) is 0 Å². The molecular weight excluding hydrogens is 407 g/mol. The van der Waals surface area contributed by atoms with Crippen molar-refractivity contribution in [2.45, 2.75) is 13.5 Å². The van der Waals surface area contributed by atoms with Crippen LogP contribution < -0.4 is 5.32 Å². The minimum atomic E-state index is -0.297. The lowest BCUT2D eigenvalue weighted by molar-refractivity contribution is -0.116. The summed E-state index contributed by atoms with van der Waals surface area (Å²) < 4.78 is 12.9. The van der Waals surface area contributed by atoms with E-state index in [9.17, 15) is 9.18 Å². The normalized spacial score (nSPS) is 11.0. The Hall–Kier alpha value is -3.57. The van der Waals surface area contributed by atoms with Gasteiger partial charge in [-0.3, -0.25) is 4.79 Å². The molecule has 0 unspecified atom stereocenters. The smallest absolute Gasteiger partial charge is 0.244 e. The van der Waals surface area contributed by atoms with Gasteiger partial charge in [-0.25, -0.2) is 9.37 Å². The van der Waals surface area contributed by atoms with E-state index >= 15 is 0 Å². The van der Waals surface area contributed by atoms with E-state index in [2.05, 4.69) is 41.9 Å². The van der Waals surface area contributed by atoms with E-state index in [0.29, 0.717) is 6.54 Å². The van der Waals surface area contributed by atoms with Gasteiger partial charge in [-0.1, -0.05) is 66.2 Å². The molecule has 0 atom stereocenters. The van der Waals surface area contributed by atoms with Crippen molar-refractivity contribution >= 4 is 23.3 Å². The molecule has 1 N–H and O–H groups in total. The second-order valence-corrected chi connectivity index (χ2v) is 8.06. The van der Waals surface area contributed by atoms with Crippen LogP contribution in [-0.4, -0.2) is 10.9 Å². The standard InChI is InChI=1S/C26H21FN2OS/c1-18-2-9-21(10-3-18)24-17-31-26(29-24)22-11-4-20(5-12-22)16-28-25(30)15-8-19-6-13-23(27)14-7-19/h2-15,17H,16H2,1H3,(H,28,30)/b15-8+. The van der Waals surface area contributed by atoms with Gasteiger partial charge in [-0.05, 0) is 36.3 Å². The molecule has 0 bridgehead atoms. The van der Waals surface area contributed by atoms with Gasteiger partial charge in [0.1, 0.15) is 10.8 Å². The third-order valence-corrected chi connectivity index (χ3v) is 5.71. The molecule has 1 heterocycles. The molecule has 1 aromatic heterocycles. The van der Waals surface area contributed by atoms with Crippen LogP contribution in [-0.2, 0) is 11.3 Å². The third kappa shape index (κ3) is 5.53. The maximum absolute atomic E-state index is 12.9. The maximum Gasteiger partial charge on any atom is 0.244 e. The molecule has 0 radical (unpaired) electrons. The first-order valence-electron chi connectivity index (χ1n) is 9.90. The Labute approximate surface area is 184 Å². The topological polar surface area (TPSA) is 42.0 Å². The first-order chi connectivity index (χ1) is 15.1. The number of halogens is 1. The van der Waals surface area contributed by atoms with Gasteiger partial charge >= 0.3 is 0 Å². The van der Waals surface area contributed by atoms with Crippen molar-refractivity contribution in [1.82, 2.24) is 10.3 Å². The molecule has 0 spiro atoms. The molecule has 3 aromatic carbocycles. The second kappa shape index (κ2) is 9.49. The van der Waals surface area contributed by atoms with Crippen molar-refractivity contribution in [2.75, 3.05) is 0 Å². The lowest BCUT2D eigenvalue weighted by atomic mass is 10.1. The zero-order chi connectivity index (χ0) is 21.6. The van der Waals surface area contributed by atoms with Gasteiger partial charge in [0.15, 0.2) is 0 Å². The molecule has 0 saturated carbocycles. The largest absolute Gasteiger partial charge is 0.348 e. The van der Waals surface area contributed by atoms with E-state index in [1.165, 1.54) is 23.8 Å². The molecule has 4 rings (SSSR count). The van der Waals surface area contributed by atoms with Gasteiger partial charge < -0.3 is 5.32 Å². The van der Waals surface area contributed by atoms with Gasteiger partial charge in [-0.2, -0.15) is 0 Å². The van der Waals surface area contributed by atoms with E-state index in [4.69, 9.17) is 4.98 Å². The Kier molecular flexibility index (Phi) is 6.34. The summed E-state index contributed by atoms with van der Waals surface area (Å²) in [4.78, 5) is 16.8. The highest BCUT2D eigenvalue weighted by Crippen LogP contribution is 2.29. The minimum Gasteiger partial charge on any atom is -0.348 e. The first kappa shape index (κ1) is 20.7. The van der Waals surface area contributed by atoms with Gasteiger partial charge in [0.05, 0.1) is 5.69 Å². The number of amides is 1. The summed E-state index contributed by atoms with van der Waals surface area (Å²) in [6, 6.07) is 22.4. The Morgan fingerprint density at radius 2 is 1.65 bits per heavy atom. The van der Waals surface area contributed by atoms with Crippen molar-refractivity contribution in [2.24, 2.45) is 0 Å². The van der Waals surface area contributed by atoms with E-state index < -0.39 is 0 Å². The van der Waals surface area contributed by atoms with Crippen LogP contribution in [0.1, 0.15) is 16.7 Å². The van der Waals surface area contributed by atoms with Crippen LogP contribution in [0.4, 0.5) is 4.39 Å². The molecular formula is C26H21FN2OS. The summed E-state index contributed by atoms with van der Waals surface area (Å²) in [5.74, 6) is -0.495. The number of thiazole rings is 1. The van der Waals surface area contributed by atoms with Crippen molar-refractivity contribution in [3.8, 4) is 21.8 Å². The average Bonchev–Trinajstić information content (AvgIpc) is 3.28. The number of nitrogens with one attached hydrogen (secondary N) is 1. The van der Waals surface area contributed by atoms with Gasteiger partial charge in [0, 0.05) is 29.1 Å². The number of hydrogen-bond acceptors (Lipinski definition) is 3. The van der Waals surface area contributed by atoms with E-state index in [-0.39, 0.29) is 11.7 Å². The molecule has 3 nitrogen and oxygen atoms in total. The molecule has 5 heteroatoms. The zero-order valence-corrected chi connectivity index (χ0v) is 17.8. The highest BCUT2D eigenvalue weighted by Gasteiger charge is 2.07. The quantitative estimate of drug-likeness (QED) is 0.369. The van der Waals surface area contributed by atoms with Crippen LogP contribution in [0, 0.1) is 12.7 Å². The van der Waals surface area contributed by atoms with Crippen LogP contribution in [0.2, 0.25) is 0 Å². The summed E-state index contributed by atoms with van der Waals surface area (Å²) in [5.41, 5.74) is 6.14. The first-order valence-corrected chi connectivity index (χ1v) is 10.8. The number of nitrogens with zero attached hydrogens (tertiary/aromatic N) is 1. The number of aryl methyl sites for hydroxylation is 1. The average molecular weight is 429 g/mol. The second-order valence-electron chi connectivity index (χ2n) is 7.20. The Morgan fingerprint density at radius 3 is 2.35 bits per heavy atom. The van der Waals surface area contributed by atoms with Crippen molar-refractivity contribution in [1.29, 1.82) is 0 Å². The van der Waals surface area contributed by atoms with Gasteiger partial charge in [0.2, 0.25) is 5.91 Å². The van der Waals surface area contributed by atoms with Crippen molar-refractivity contribution < 1.29 is 9.18 Å². The van der Waals surface area contributed by atoms with Crippen LogP contribution in [0.3, 0.4) is 0 Å². The van der Waals surface area contributed by atoms with E-state index in [0.717, 1.165) is 33.0 Å². The zero-order valence-electron chi connectivity index (χ0n) is 17.0. The van der Waals surface area contributed by atoms with Crippen LogP contribution >= 0.6 is 11.3 Å². The molecule has 154 valence electrons. The SMILES string of the molecule is Cc1ccc(-c2csc(-c3ccc(CNC(=O)/C=C/c4ccc(F)cc4)cc3)n2)cc1. The number of hydrogen-bond donors (Lipinski definition) is 1. The van der Waals surface area contributed by atoms with Crippen LogP contribution in [0.25, 0.3) is 27.9 Å².